The van der Waals surface area contributed by atoms with Gasteiger partial charge in [0.1, 0.15) is 11.4 Å². The molecule has 0 saturated carbocycles. The molecule has 3 aromatic carbocycles. The maximum absolute atomic E-state index is 12.4. The number of nitrogens with zero attached hydrogens (tertiary/aromatic N) is 1. The highest BCUT2D eigenvalue weighted by atomic mass is 16.3. The summed E-state index contributed by atoms with van der Waals surface area (Å²) in [6.45, 7) is 6.12. The van der Waals surface area contributed by atoms with Crippen molar-refractivity contribution in [2.75, 3.05) is 24.7 Å². The number of anilines is 3. The van der Waals surface area contributed by atoms with Gasteiger partial charge in [-0.05, 0) is 23.1 Å². The third kappa shape index (κ3) is 4.30. The second kappa shape index (κ2) is 8.26. The number of benzene rings is 2. The quantitative estimate of drug-likeness (QED) is 0.415. The first-order valence-electron chi connectivity index (χ1n) is 9.97. The summed E-state index contributed by atoms with van der Waals surface area (Å²) >= 11 is 0. The van der Waals surface area contributed by atoms with E-state index in [-0.39, 0.29) is 45.7 Å². The summed E-state index contributed by atoms with van der Waals surface area (Å²) in [5.41, 5.74) is -0.0547. The third-order valence-corrected chi connectivity index (χ3v) is 5.13. The van der Waals surface area contributed by atoms with E-state index < -0.39 is 10.9 Å². The lowest BCUT2D eigenvalue weighted by Gasteiger charge is -2.33. The largest absolute Gasteiger partial charge is 0.505 e. The van der Waals surface area contributed by atoms with Gasteiger partial charge in [-0.1, -0.05) is 57.2 Å². The Balaban J connectivity index is 1.96. The van der Waals surface area contributed by atoms with Crippen LogP contribution in [-0.4, -0.2) is 30.0 Å². The van der Waals surface area contributed by atoms with Crippen molar-refractivity contribution in [3.63, 3.8) is 0 Å². The number of carbonyl (C=O) groups excluding carboxylic acids is 1. The van der Waals surface area contributed by atoms with Crippen LogP contribution in [0.5, 0.6) is 5.75 Å². The Kier molecular flexibility index (Phi) is 5.88. The van der Waals surface area contributed by atoms with Crippen LogP contribution in [0.3, 0.4) is 0 Å². The number of nitrogens with one attached hydrogen (secondary N) is 2. The number of amides is 1. The molecule has 3 N–H and O–H groups in total. The molecule has 3 aromatic rings. The van der Waals surface area contributed by atoms with Crippen LogP contribution in [0.2, 0.25) is 0 Å². The molecule has 0 aliphatic carbocycles. The molecule has 0 saturated heterocycles. The van der Waals surface area contributed by atoms with Gasteiger partial charge in [0.15, 0.2) is 5.75 Å². The fourth-order valence-corrected chi connectivity index (χ4v) is 3.43. The predicted molar refractivity (Wildman–Crippen MR) is 123 cm³/mol. The van der Waals surface area contributed by atoms with Crippen LogP contribution in [-0.2, 0) is 0 Å². The molecule has 3 rings (SSSR count). The van der Waals surface area contributed by atoms with Crippen LogP contribution in [0.25, 0.3) is 0 Å². The van der Waals surface area contributed by atoms with E-state index in [0.717, 1.165) is 5.56 Å². The Morgan fingerprint density at radius 3 is 2.13 bits per heavy atom. The molecule has 1 atom stereocenters. The minimum Gasteiger partial charge on any atom is -0.505 e. The lowest BCUT2D eigenvalue weighted by atomic mass is 9.82. The lowest BCUT2D eigenvalue weighted by Crippen LogP contribution is -2.39. The van der Waals surface area contributed by atoms with Gasteiger partial charge >= 0.3 is 0 Å². The van der Waals surface area contributed by atoms with E-state index in [1.807, 2.05) is 51.1 Å². The van der Waals surface area contributed by atoms with E-state index in [1.54, 1.807) is 26.2 Å². The van der Waals surface area contributed by atoms with Gasteiger partial charge in [-0.2, -0.15) is 0 Å². The average molecular weight is 421 g/mol. The number of aromatic hydroxyl groups is 1. The van der Waals surface area contributed by atoms with Crippen molar-refractivity contribution in [2.24, 2.45) is 5.41 Å². The molecule has 7 nitrogen and oxygen atoms in total. The standard InChI is InChI=1S/C24H27N3O4/c1-24(2,3)22(14-10-7-6-8-11-14)26-18-17(20(29)21(18)30)25-16-13-9-12-15(19(16)28)23(31)27(4)5/h6-13,22,25-26,28H,1-5H3/t22-/m1/s1. The van der Waals surface area contributed by atoms with Gasteiger partial charge in [0.2, 0.25) is 0 Å². The normalized spacial score (nSPS) is 12.4. The van der Waals surface area contributed by atoms with Crippen LogP contribution in [0.1, 0.15) is 42.7 Å². The molecule has 7 heteroatoms. The van der Waals surface area contributed by atoms with Crippen molar-refractivity contribution < 1.29 is 9.90 Å². The highest BCUT2D eigenvalue weighted by molar-refractivity contribution is 5.99. The minimum atomic E-state index is -0.674. The number of hydrogen-bond donors (Lipinski definition) is 3. The zero-order valence-electron chi connectivity index (χ0n) is 18.3. The maximum Gasteiger partial charge on any atom is 0.257 e. The van der Waals surface area contributed by atoms with Gasteiger partial charge in [0.25, 0.3) is 16.8 Å². The third-order valence-electron chi connectivity index (χ3n) is 5.13. The molecular weight excluding hydrogens is 394 g/mol. The topological polar surface area (TPSA) is 98.7 Å². The van der Waals surface area contributed by atoms with E-state index >= 15 is 0 Å². The van der Waals surface area contributed by atoms with Gasteiger partial charge in [0, 0.05) is 14.1 Å². The lowest BCUT2D eigenvalue weighted by molar-refractivity contribution is 0.0824. The summed E-state index contributed by atoms with van der Waals surface area (Å²) < 4.78 is 0. The Bertz CT molecular complexity index is 1170. The van der Waals surface area contributed by atoms with Crippen molar-refractivity contribution in [1.29, 1.82) is 0 Å². The van der Waals surface area contributed by atoms with Gasteiger partial charge in [-0.15, -0.1) is 0 Å². The van der Waals surface area contributed by atoms with Gasteiger partial charge in [-0.25, -0.2) is 0 Å². The smallest absolute Gasteiger partial charge is 0.257 e. The molecule has 0 unspecified atom stereocenters. The van der Waals surface area contributed by atoms with Crippen molar-refractivity contribution in [3.05, 3.63) is 80.1 Å². The fourth-order valence-electron chi connectivity index (χ4n) is 3.43. The number of carbonyl (C=O) groups is 1. The molecule has 0 heterocycles. The molecule has 0 spiro atoms. The maximum atomic E-state index is 12.4. The highest BCUT2D eigenvalue weighted by Gasteiger charge is 2.31. The van der Waals surface area contributed by atoms with Crippen LogP contribution < -0.4 is 21.5 Å². The summed E-state index contributed by atoms with van der Waals surface area (Å²) in [6, 6.07) is 14.1. The van der Waals surface area contributed by atoms with E-state index in [2.05, 4.69) is 10.6 Å². The number of phenolic OH excluding ortho intramolecular Hbond substituents is 1. The highest BCUT2D eigenvalue weighted by Crippen LogP contribution is 2.38. The molecule has 0 aliphatic rings. The Hall–Kier alpha value is -3.61. The van der Waals surface area contributed by atoms with Crippen LogP contribution in [0, 0.1) is 5.41 Å². The molecule has 162 valence electrons. The van der Waals surface area contributed by atoms with Gasteiger partial charge < -0.3 is 20.6 Å². The first-order chi connectivity index (χ1) is 14.5. The second-order valence-electron chi connectivity index (χ2n) is 8.79. The minimum absolute atomic E-state index is 0.0694. The summed E-state index contributed by atoms with van der Waals surface area (Å²) in [6.07, 6.45) is 0. The molecule has 0 aromatic heterocycles. The van der Waals surface area contributed by atoms with E-state index in [9.17, 15) is 19.5 Å². The number of hydrogen-bond acceptors (Lipinski definition) is 6. The first-order valence-corrected chi connectivity index (χ1v) is 9.97. The van der Waals surface area contributed by atoms with E-state index in [1.165, 1.54) is 11.0 Å². The predicted octanol–water partition coefficient (Wildman–Crippen LogP) is 3.63. The summed E-state index contributed by atoms with van der Waals surface area (Å²) in [5.74, 6) is -0.656. The van der Waals surface area contributed by atoms with Crippen molar-refractivity contribution in [2.45, 2.75) is 26.8 Å². The number of rotatable bonds is 6. The number of para-hydroxylation sites is 1. The molecule has 0 fully saturated rings. The fraction of sp³-hybridized carbons (Fsp3) is 0.292. The Morgan fingerprint density at radius 2 is 1.55 bits per heavy atom. The molecule has 0 bridgehead atoms. The molecule has 0 radical (unpaired) electrons. The Labute approximate surface area is 181 Å². The average Bonchev–Trinajstić information content (AvgIpc) is 2.73. The van der Waals surface area contributed by atoms with Gasteiger partial charge in [0.05, 0.1) is 17.3 Å². The molecule has 1 amide bonds. The van der Waals surface area contributed by atoms with Gasteiger partial charge in [-0.3, -0.25) is 14.4 Å². The van der Waals surface area contributed by atoms with Crippen LogP contribution in [0.15, 0.2) is 58.1 Å². The van der Waals surface area contributed by atoms with Crippen LogP contribution >= 0.6 is 0 Å². The van der Waals surface area contributed by atoms with Crippen LogP contribution in [0.4, 0.5) is 17.1 Å². The monoisotopic (exact) mass is 421 g/mol. The van der Waals surface area contributed by atoms with E-state index in [0.29, 0.717) is 0 Å². The number of phenols is 1. The Morgan fingerprint density at radius 1 is 0.935 bits per heavy atom. The zero-order valence-corrected chi connectivity index (χ0v) is 18.3. The molecular formula is C24H27N3O4. The van der Waals surface area contributed by atoms with Crippen molar-refractivity contribution in [1.82, 2.24) is 4.90 Å². The molecule has 31 heavy (non-hydrogen) atoms. The van der Waals surface area contributed by atoms with Crippen molar-refractivity contribution in [3.8, 4) is 5.75 Å². The summed E-state index contributed by atoms with van der Waals surface area (Å²) in [5, 5.41) is 16.6. The van der Waals surface area contributed by atoms with Crippen molar-refractivity contribution >= 4 is 23.0 Å². The molecule has 0 aliphatic heterocycles. The second-order valence-corrected chi connectivity index (χ2v) is 8.79. The summed E-state index contributed by atoms with van der Waals surface area (Å²) in [7, 11) is 3.16. The zero-order chi connectivity index (χ0) is 22.9. The summed E-state index contributed by atoms with van der Waals surface area (Å²) in [4.78, 5) is 38.3. The first kappa shape index (κ1) is 22.1. The van der Waals surface area contributed by atoms with E-state index in [4.69, 9.17) is 0 Å². The SMILES string of the molecule is CN(C)C(=O)c1cccc(Nc2c(N[C@H](c3ccccc3)C(C)(C)C)c(=O)c2=O)c1O.